The molecule has 37 heavy (non-hydrogen) atoms. The molecule has 0 aromatic carbocycles. The Hall–Kier alpha value is -0.740. The van der Waals surface area contributed by atoms with Gasteiger partial charge in [-0.2, -0.15) is 8.78 Å². The Morgan fingerprint density at radius 2 is 1.35 bits per heavy atom. The standard InChI is InChI=1S/C33H54F2O2/c1-2-3-4-7-31-20-21-32(24-37-31)36-22-5-6-25-8-12-27(13-9-25)29-16-18-30(19-17-29)28-14-10-26(11-15-28)23-33(34)35/h2-3,23,25-32H,4-22,24H2,1H3. The molecule has 1 saturated heterocycles. The van der Waals surface area contributed by atoms with E-state index in [1.54, 1.807) is 0 Å². The molecule has 0 bridgehead atoms. The van der Waals surface area contributed by atoms with Gasteiger partial charge in [-0.1, -0.05) is 25.0 Å². The number of hydrogen-bond donors (Lipinski definition) is 0. The molecule has 2 atom stereocenters. The quantitative estimate of drug-likeness (QED) is 0.199. The van der Waals surface area contributed by atoms with Crippen LogP contribution in [0.3, 0.4) is 0 Å². The Kier molecular flexibility index (Phi) is 12.5. The molecule has 2 nitrogen and oxygen atoms in total. The second-order valence-electron chi connectivity index (χ2n) is 12.9. The fourth-order valence-electron chi connectivity index (χ4n) is 8.21. The van der Waals surface area contributed by atoms with Crippen LogP contribution in [0.4, 0.5) is 8.78 Å². The first-order chi connectivity index (χ1) is 18.1. The Bertz CT molecular complexity index is 670. The van der Waals surface area contributed by atoms with Gasteiger partial charge in [-0.3, -0.25) is 0 Å². The maximum Gasteiger partial charge on any atom is 0.266 e. The van der Waals surface area contributed by atoms with E-state index in [0.29, 0.717) is 12.2 Å². The molecule has 4 aliphatic rings. The molecule has 4 fully saturated rings. The van der Waals surface area contributed by atoms with Crippen molar-refractivity contribution < 1.29 is 18.3 Å². The third-order valence-corrected chi connectivity index (χ3v) is 10.5. The molecule has 1 heterocycles. The predicted molar refractivity (Wildman–Crippen MR) is 149 cm³/mol. The predicted octanol–water partition coefficient (Wildman–Crippen LogP) is 9.89. The third-order valence-electron chi connectivity index (χ3n) is 10.5. The summed E-state index contributed by atoms with van der Waals surface area (Å²) in [7, 11) is 0. The summed E-state index contributed by atoms with van der Waals surface area (Å²) in [4.78, 5) is 0. The fourth-order valence-corrected chi connectivity index (χ4v) is 8.21. The smallest absolute Gasteiger partial charge is 0.266 e. The highest BCUT2D eigenvalue weighted by molar-refractivity contribution is 4.93. The zero-order valence-electron chi connectivity index (χ0n) is 23.6. The van der Waals surface area contributed by atoms with Crippen molar-refractivity contribution in [1.82, 2.24) is 0 Å². The third kappa shape index (κ3) is 9.75. The molecule has 0 radical (unpaired) electrons. The maximum absolute atomic E-state index is 12.6. The normalized spacial score (nSPS) is 37.5. The van der Waals surface area contributed by atoms with Crippen molar-refractivity contribution in [2.24, 2.45) is 35.5 Å². The highest BCUT2D eigenvalue weighted by Crippen LogP contribution is 2.46. The monoisotopic (exact) mass is 520 g/mol. The highest BCUT2D eigenvalue weighted by atomic mass is 19.3. The average molecular weight is 521 g/mol. The lowest BCUT2D eigenvalue weighted by atomic mass is 9.65. The molecule has 0 aromatic rings. The van der Waals surface area contributed by atoms with Gasteiger partial charge in [0.2, 0.25) is 0 Å². The topological polar surface area (TPSA) is 18.5 Å². The SMILES string of the molecule is CC=CCCC1CCC(OCCCC2CCC(C3CCC(C4CCC(C=C(F)F)CC4)CC3)CC2)CO1. The molecule has 1 aliphatic heterocycles. The number of rotatable bonds is 11. The molecule has 3 aliphatic carbocycles. The Morgan fingerprint density at radius 1 is 0.757 bits per heavy atom. The zero-order chi connectivity index (χ0) is 25.9. The molecule has 4 heteroatoms. The zero-order valence-corrected chi connectivity index (χ0v) is 23.6. The Balaban J connectivity index is 1.02. The van der Waals surface area contributed by atoms with Gasteiger partial charge < -0.3 is 9.47 Å². The van der Waals surface area contributed by atoms with Gasteiger partial charge in [0.1, 0.15) is 0 Å². The largest absolute Gasteiger partial charge is 0.376 e. The van der Waals surface area contributed by atoms with Crippen LogP contribution in [0.5, 0.6) is 0 Å². The van der Waals surface area contributed by atoms with Crippen LogP contribution in [0.15, 0.2) is 24.3 Å². The van der Waals surface area contributed by atoms with E-state index in [2.05, 4.69) is 19.1 Å². The second kappa shape index (κ2) is 15.8. The molecule has 0 N–H and O–H groups in total. The van der Waals surface area contributed by atoms with Gasteiger partial charge in [0.25, 0.3) is 6.08 Å². The van der Waals surface area contributed by atoms with Crippen LogP contribution in [0, 0.1) is 35.5 Å². The summed E-state index contributed by atoms with van der Waals surface area (Å²) in [5.41, 5.74) is 0. The molecule has 3 saturated carbocycles. The van der Waals surface area contributed by atoms with E-state index in [9.17, 15) is 8.78 Å². The average Bonchev–Trinajstić information content (AvgIpc) is 2.93. The summed E-state index contributed by atoms with van der Waals surface area (Å²) in [5, 5.41) is 0. The lowest BCUT2D eigenvalue weighted by molar-refractivity contribution is -0.0878. The van der Waals surface area contributed by atoms with E-state index in [0.717, 1.165) is 81.3 Å². The number of halogens is 2. The van der Waals surface area contributed by atoms with Crippen molar-refractivity contribution in [3.63, 3.8) is 0 Å². The van der Waals surface area contributed by atoms with Gasteiger partial charge in [0.05, 0.1) is 18.8 Å². The second-order valence-corrected chi connectivity index (χ2v) is 12.9. The van der Waals surface area contributed by atoms with Gasteiger partial charge in [-0.25, -0.2) is 0 Å². The van der Waals surface area contributed by atoms with Crippen LogP contribution in [0.25, 0.3) is 0 Å². The van der Waals surface area contributed by atoms with Crippen LogP contribution in [0.2, 0.25) is 0 Å². The first-order valence-electron chi connectivity index (χ1n) is 16.0. The number of hydrogen-bond acceptors (Lipinski definition) is 2. The molecular formula is C33H54F2O2. The molecular weight excluding hydrogens is 466 g/mol. The van der Waals surface area contributed by atoms with Gasteiger partial charge in [0, 0.05) is 6.61 Å². The number of allylic oxidation sites excluding steroid dienone is 3. The first kappa shape index (κ1) is 29.2. The number of ether oxygens (including phenoxy) is 2. The summed E-state index contributed by atoms with van der Waals surface area (Å²) in [5.74, 6) is 4.62. The van der Waals surface area contributed by atoms with Crippen molar-refractivity contribution >= 4 is 0 Å². The van der Waals surface area contributed by atoms with E-state index in [-0.39, 0.29) is 5.92 Å². The van der Waals surface area contributed by atoms with Gasteiger partial charge in [0.15, 0.2) is 0 Å². The minimum absolute atomic E-state index is 0.131. The van der Waals surface area contributed by atoms with Crippen LogP contribution in [-0.4, -0.2) is 25.4 Å². The molecule has 2 unspecified atom stereocenters. The van der Waals surface area contributed by atoms with E-state index < -0.39 is 6.08 Å². The minimum atomic E-state index is -1.48. The Labute approximate surface area is 226 Å². The lowest BCUT2D eigenvalue weighted by Crippen LogP contribution is -2.31. The summed E-state index contributed by atoms with van der Waals surface area (Å²) >= 11 is 0. The lowest BCUT2D eigenvalue weighted by Gasteiger charge is -2.41. The highest BCUT2D eigenvalue weighted by Gasteiger charge is 2.34. The summed E-state index contributed by atoms with van der Waals surface area (Å²) in [6, 6.07) is 0. The van der Waals surface area contributed by atoms with Crippen molar-refractivity contribution in [1.29, 1.82) is 0 Å². The molecule has 4 rings (SSSR count). The van der Waals surface area contributed by atoms with Crippen LogP contribution in [0.1, 0.15) is 122 Å². The first-order valence-corrected chi connectivity index (χ1v) is 16.0. The summed E-state index contributed by atoms with van der Waals surface area (Å²) in [6.07, 6.45) is 27.6. The van der Waals surface area contributed by atoms with E-state index in [4.69, 9.17) is 9.47 Å². The van der Waals surface area contributed by atoms with Gasteiger partial charge in [-0.15, -0.1) is 0 Å². The summed E-state index contributed by atoms with van der Waals surface area (Å²) < 4.78 is 37.3. The van der Waals surface area contributed by atoms with E-state index in [1.807, 2.05) is 0 Å². The fraction of sp³-hybridized carbons (Fsp3) is 0.879. The van der Waals surface area contributed by atoms with Gasteiger partial charge in [-0.05, 0) is 151 Å². The van der Waals surface area contributed by atoms with Crippen molar-refractivity contribution in [3.8, 4) is 0 Å². The minimum Gasteiger partial charge on any atom is -0.376 e. The van der Waals surface area contributed by atoms with E-state index in [1.165, 1.54) is 83.1 Å². The van der Waals surface area contributed by atoms with Crippen LogP contribution < -0.4 is 0 Å². The molecule has 0 aromatic heterocycles. The Morgan fingerprint density at radius 3 is 1.89 bits per heavy atom. The van der Waals surface area contributed by atoms with Crippen LogP contribution in [-0.2, 0) is 9.47 Å². The van der Waals surface area contributed by atoms with Crippen molar-refractivity contribution in [3.05, 3.63) is 24.3 Å². The van der Waals surface area contributed by atoms with Crippen molar-refractivity contribution in [2.75, 3.05) is 13.2 Å². The van der Waals surface area contributed by atoms with E-state index >= 15 is 0 Å². The summed E-state index contributed by atoms with van der Waals surface area (Å²) in [6.45, 7) is 3.77. The molecule has 212 valence electrons. The molecule has 0 spiro atoms. The van der Waals surface area contributed by atoms with Crippen LogP contribution >= 0.6 is 0 Å². The maximum atomic E-state index is 12.6. The van der Waals surface area contributed by atoms with Crippen molar-refractivity contribution in [2.45, 2.75) is 135 Å². The molecule has 0 amide bonds. The van der Waals surface area contributed by atoms with Gasteiger partial charge >= 0.3 is 0 Å².